The highest BCUT2D eigenvalue weighted by atomic mass is 32.2. The summed E-state index contributed by atoms with van der Waals surface area (Å²) in [6, 6.07) is 7.33. The zero-order chi connectivity index (χ0) is 15.7. The molecule has 0 aliphatic carbocycles. The smallest absolute Gasteiger partial charge is 0.235 e. The summed E-state index contributed by atoms with van der Waals surface area (Å²) < 4.78 is 26.6. The van der Waals surface area contributed by atoms with E-state index in [1.807, 2.05) is 44.4 Å². The van der Waals surface area contributed by atoms with Crippen LogP contribution in [0.15, 0.2) is 29.6 Å². The van der Waals surface area contributed by atoms with Gasteiger partial charge in [0.1, 0.15) is 0 Å². The fourth-order valence-corrected chi connectivity index (χ4v) is 4.55. The number of benzene rings is 1. The Morgan fingerprint density at radius 1 is 1.33 bits per heavy atom. The fourth-order valence-electron chi connectivity index (χ4n) is 1.89. The number of hydrogen-bond donors (Lipinski definition) is 2. The maximum atomic E-state index is 12.1. The molecule has 2 rings (SSSR count). The molecular weight excluding hydrogens is 306 g/mol. The number of rotatable bonds is 4. The summed E-state index contributed by atoms with van der Waals surface area (Å²) in [4.78, 5) is 4.31. The standard InChI is InChI=1S/C14H19N3O2S2/c1-14(2,3)9-21(18,19)17-13-16-12(8-20-13)10-5-4-6-11(15)7-10/h4-8H,9,15H2,1-3H3,(H,16,17). The van der Waals surface area contributed by atoms with E-state index in [2.05, 4.69) is 9.71 Å². The largest absolute Gasteiger partial charge is 0.399 e. The minimum absolute atomic E-state index is 0.0488. The summed E-state index contributed by atoms with van der Waals surface area (Å²) >= 11 is 1.26. The highest BCUT2D eigenvalue weighted by molar-refractivity contribution is 7.92. The molecule has 0 radical (unpaired) electrons. The Morgan fingerprint density at radius 2 is 2.05 bits per heavy atom. The highest BCUT2D eigenvalue weighted by Gasteiger charge is 2.22. The van der Waals surface area contributed by atoms with Crippen LogP contribution in [-0.4, -0.2) is 19.2 Å². The van der Waals surface area contributed by atoms with Crippen molar-refractivity contribution in [3.05, 3.63) is 29.6 Å². The van der Waals surface area contributed by atoms with Crippen molar-refractivity contribution in [2.45, 2.75) is 20.8 Å². The second-order valence-corrected chi connectivity index (χ2v) is 8.67. The van der Waals surface area contributed by atoms with Gasteiger partial charge < -0.3 is 5.73 Å². The lowest BCUT2D eigenvalue weighted by Gasteiger charge is -2.17. The van der Waals surface area contributed by atoms with E-state index in [1.54, 1.807) is 6.07 Å². The Bertz CT molecular complexity index is 731. The second kappa shape index (κ2) is 5.65. The molecule has 7 heteroatoms. The first kappa shape index (κ1) is 15.8. The van der Waals surface area contributed by atoms with E-state index in [4.69, 9.17) is 5.73 Å². The van der Waals surface area contributed by atoms with Gasteiger partial charge in [0.05, 0.1) is 11.4 Å². The predicted molar refractivity (Wildman–Crippen MR) is 88.8 cm³/mol. The van der Waals surface area contributed by atoms with Gasteiger partial charge in [0.15, 0.2) is 5.13 Å². The molecule has 0 fully saturated rings. The molecule has 0 saturated carbocycles. The molecule has 21 heavy (non-hydrogen) atoms. The minimum Gasteiger partial charge on any atom is -0.399 e. The van der Waals surface area contributed by atoms with E-state index in [1.165, 1.54) is 11.3 Å². The highest BCUT2D eigenvalue weighted by Crippen LogP contribution is 2.27. The number of sulfonamides is 1. The van der Waals surface area contributed by atoms with E-state index in [-0.39, 0.29) is 11.2 Å². The van der Waals surface area contributed by atoms with Gasteiger partial charge in [-0.25, -0.2) is 13.4 Å². The van der Waals surface area contributed by atoms with E-state index in [0.29, 0.717) is 16.5 Å². The summed E-state index contributed by atoms with van der Waals surface area (Å²) in [5.41, 5.74) is 7.66. The van der Waals surface area contributed by atoms with Crippen LogP contribution < -0.4 is 10.5 Å². The van der Waals surface area contributed by atoms with E-state index < -0.39 is 10.0 Å². The number of hydrogen-bond acceptors (Lipinski definition) is 5. The van der Waals surface area contributed by atoms with Gasteiger partial charge in [0, 0.05) is 16.6 Å². The van der Waals surface area contributed by atoms with Crippen molar-refractivity contribution >= 4 is 32.2 Å². The Morgan fingerprint density at radius 3 is 2.67 bits per heavy atom. The van der Waals surface area contributed by atoms with Gasteiger partial charge in [-0.15, -0.1) is 11.3 Å². The number of nitrogens with two attached hydrogens (primary N) is 1. The van der Waals surface area contributed by atoms with Crippen LogP contribution in [0.2, 0.25) is 0 Å². The number of nitrogens with zero attached hydrogens (tertiary/aromatic N) is 1. The fraction of sp³-hybridized carbons (Fsp3) is 0.357. The molecule has 0 unspecified atom stereocenters. The molecule has 1 heterocycles. The van der Waals surface area contributed by atoms with Crippen LogP contribution in [0.4, 0.5) is 10.8 Å². The monoisotopic (exact) mass is 325 g/mol. The van der Waals surface area contributed by atoms with Crippen molar-refractivity contribution in [3.8, 4) is 11.3 Å². The normalized spacial score (nSPS) is 12.3. The Kier molecular flexibility index (Phi) is 4.25. The molecule has 5 nitrogen and oxygen atoms in total. The van der Waals surface area contributed by atoms with Crippen LogP contribution >= 0.6 is 11.3 Å². The van der Waals surface area contributed by atoms with E-state index >= 15 is 0 Å². The molecule has 1 aromatic heterocycles. The lowest BCUT2D eigenvalue weighted by Crippen LogP contribution is -2.26. The third-order valence-electron chi connectivity index (χ3n) is 2.55. The van der Waals surface area contributed by atoms with Crippen molar-refractivity contribution in [3.63, 3.8) is 0 Å². The molecule has 0 saturated heterocycles. The van der Waals surface area contributed by atoms with Crippen LogP contribution in [0.1, 0.15) is 20.8 Å². The Balaban J connectivity index is 2.18. The predicted octanol–water partition coefficient (Wildman–Crippen LogP) is 3.18. The number of thiazole rings is 1. The molecule has 0 atom stereocenters. The molecule has 0 aliphatic rings. The van der Waals surface area contributed by atoms with Gasteiger partial charge in [0.25, 0.3) is 0 Å². The van der Waals surface area contributed by atoms with Crippen LogP contribution in [0.5, 0.6) is 0 Å². The molecule has 114 valence electrons. The molecule has 0 amide bonds. The van der Waals surface area contributed by atoms with Crippen molar-refractivity contribution in [1.82, 2.24) is 4.98 Å². The zero-order valence-electron chi connectivity index (χ0n) is 12.3. The van der Waals surface area contributed by atoms with Crippen LogP contribution in [0.3, 0.4) is 0 Å². The summed E-state index contributed by atoms with van der Waals surface area (Å²) in [6.45, 7) is 5.64. The Labute approximate surface area is 129 Å². The topological polar surface area (TPSA) is 85.1 Å². The molecular formula is C14H19N3O2S2. The second-order valence-electron chi connectivity index (χ2n) is 6.09. The number of aromatic nitrogens is 1. The first-order valence-electron chi connectivity index (χ1n) is 6.47. The Hall–Kier alpha value is -1.60. The first-order valence-corrected chi connectivity index (χ1v) is 9.00. The summed E-state index contributed by atoms with van der Waals surface area (Å²) in [5, 5.41) is 2.18. The van der Waals surface area contributed by atoms with Crippen LogP contribution in [0, 0.1) is 5.41 Å². The minimum atomic E-state index is -3.40. The van der Waals surface area contributed by atoms with E-state index in [9.17, 15) is 8.42 Å². The third kappa shape index (κ3) is 4.71. The summed E-state index contributed by atoms with van der Waals surface area (Å²) in [6.07, 6.45) is 0. The van der Waals surface area contributed by atoms with Crippen molar-refractivity contribution < 1.29 is 8.42 Å². The summed E-state index contributed by atoms with van der Waals surface area (Å²) in [7, 11) is -3.40. The lowest BCUT2D eigenvalue weighted by atomic mass is 10.0. The molecule has 0 spiro atoms. The average molecular weight is 325 g/mol. The molecule has 3 N–H and O–H groups in total. The van der Waals surface area contributed by atoms with Crippen molar-refractivity contribution in [1.29, 1.82) is 0 Å². The SMILES string of the molecule is CC(C)(C)CS(=O)(=O)Nc1nc(-c2cccc(N)c2)cs1. The summed E-state index contributed by atoms with van der Waals surface area (Å²) in [5.74, 6) is 0.0488. The van der Waals surface area contributed by atoms with Gasteiger partial charge in [-0.3, -0.25) is 4.72 Å². The van der Waals surface area contributed by atoms with Crippen molar-refractivity contribution in [2.75, 3.05) is 16.2 Å². The van der Waals surface area contributed by atoms with Gasteiger partial charge >= 0.3 is 0 Å². The van der Waals surface area contributed by atoms with Gasteiger partial charge in [-0.2, -0.15) is 0 Å². The quantitative estimate of drug-likeness (QED) is 0.845. The van der Waals surface area contributed by atoms with Gasteiger partial charge in [-0.1, -0.05) is 32.9 Å². The molecule has 0 aliphatic heterocycles. The van der Waals surface area contributed by atoms with Crippen molar-refractivity contribution in [2.24, 2.45) is 5.41 Å². The lowest BCUT2D eigenvalue weighted by molar-refractivity contribution is 0.463. The molecule has 2 aromatic rings. The van der Waals surface area contributed by atoms with Crippen LogP contribution in [-0.2, 0) is 10.0 Å². The third-order valence-corrected chi connectivity index (χ3v) is 5.19. The number of nitrogen functional groups attached to an aromatic ring is 1. The molecule has 1 aromatic carbocycles. The van der Waals surface area contributed by atoms with Gasteiger partial charge in [0.2, 0.25) is 10.0 Å². The average Bonchev–Trinajstić information content (AvgIpc) is 2.73. The molecule has 0 bridgehead atoms. The zero-order valence-corrected chi connectivity index (χ0v) is 13.9. The van der Waals surface area contributed by atoms with E-state index in [0.717, 1.165) is 5.56 Å². The maximum Gasteiger partial charge on any atom is 0.235 e. The van der Waals surface area contributed by atoms with Gasteiger partial charge in [-0.05, 0) is 17.5 Å². The number of anilines is 2. The number of nitrogens with one attached hydrogen (secondary N) is 1. The maximum absolute atomic E-state index is 12.1. The van der Waals surface area contributed by atoms with Crippen LogP contribution in [0.25, 0.3) is 11.3 Å². The first-order chi connectivity index (χ1) is 9.65.